The van der Waals surface area contributed by atoms with E-state index >= 15 is 0 Å². The summed E-state index contributed by atoms with van der Waals surface area (Å²) in [5.41, 5.74) is 1.04. The molecular weight excluding hydrogens is 334 g/mol. The van der Waals surface area contributed by atoms with Crippen molar-refractivity contribution in [2.24, 2.45) is 7.05 Å². The molecule has 1 aromatic carbocycles. The highest BCUT2D eigenvalue weighted by Crippen LogP contribution is 2.28. The van der Waals surface area contributed by atoms with Gasteiger partial charge in [0.25, 0.3) is 0 Å². The van der Waals surface area contributed by atoms with Gasteiger partial charge in [-0.15, -0.1) is 0 Å². The standard InChI is InChI=1S/C18H25N5O3/c1-5-6-14(17-19-9-10-23(17)3)21-18(25)22-15-11-13(20-12(2)24)7-8-16(15)26-4/h7-11,14H,5-6H2,1-4H3,(H,20,24)(H2,21,22,25). The Morgan fingerprint density at radius 2 is 2.08 bits per heavy atom. The SMILES string of the molecule is CCCC(NC(=O)Nc1cc(NC(C)=O)ccc1OC)c1nccn1C. The summed E-state index contributed by atoms with van der Waals surface area (Å²) in [6.07, 6.45) is 5.22. The van der Waals surface area contributed by atoms with E-state index in [0.717, 1.165) is 18.7 Å². The number of nitrogens with one attached hydrogen (secondary N) is 3. The molecule has 1 unspecified atom stereocenters. The van der Waals surface area contributed by atoms with Crippen molar-refractivity contribution in [3.05, 3.63) is 36.4 Å². The second kappa shape index (κ2) is 8.89. The summed E-state index contributed by atoms with van der Waals surface area (Å²) in [6.45, 7) is 3.47. The lowest BCUT2D eigenvalue weighted by Crippen LogP contribution is -2.34. The number of nitrogens with zero attached hydrogens (tertiary/aromatic N) is 2. The Morgan fingerprint density at radius 3 is 2.65 bits per heavy atom. The van der Waals surface area contributed by atoms with Crippen LogP contribution in [0.2, 0.25) is 0 Å². The second-order valence-corrected chi connectivity index (χ2v) is 5.93. The first kappa shape index (κ1) is 19.3. The number of methoxy groups -OCH3 is 1. The molecule has 1 atom stereocenters. The maximum atomic E-state index is 12.5. The van der Waals surface area contributed by atoms with Crippen molar-refractivity contribution in [2.45, 2.75) is 32.7 Å². The van der Waals surface area contributed by atoms with Gasteiger partial charge >= 0.3 is 6.03 Å². The maximum absolute atomic E-state index is 12.5. The van der Waals surface area contributed by atoms with E-state index in [9.17, 15) is 9.59 Å². The van der Waals surface area contributed by atoms with Crippen molar-refractivity contribution in [1.29, 1.82) is 0 Å². The monoisotopic (exact) mass is 359 g/mol. The van der Waals surface area contributed by atoms with Gasteiger partial charge in [-0.05, 0) is 24.6 Å². The van der Waals surface area contributed by atoms with E-state index in [4.69, 9.17) is 4.74 Å². The van der Waals surface area contributed by atoms with Crippen LogP contribution < -0.4 is 20.7 Å². The van der Waals surface area contributed by atoms with Crippen LogP contribution in [0.15, 0.2) is 30.6 Å². The number of benzene rings is 1. The van der Waals surface area contributed by atoms with Crippen LogP contribution in [0.4, 0.5) is 16.2 Å². The molecule has 1 heterocycles. The number of hydrogen-bond acceptors (Lipinski definition) is 4. The van der Waals surface area contributed by atoms with Gasteiger partial charge in [-0.1, -0.05) is 13.3 Å². The zero-order valence-corrected chi connectivity index (χ0v) is 15.5. The molecule has 2 rings (SSSR count). The zero-order valence-electron chi connectivity index (χ0n) is 15.5. The van der Waals surface area contributed by atoms with E-state index in [1.807, 2.05) is 17.8 Å². The molecule has 0 aliphatic heterocycles. The van der Waals surface area contributed by atoms with Gasteiger partial charge in [0.15, 0.2) is 0 Å². The molecule has 3 amide bonds. The van der Waals surface area contributed by atoms with Crippen LogP contribution in [0.3, 0.4) is 0 Å². The lowest BCUT2D eigenvalue weighted by atomic mass is 10.1. The molecule has 0 aliphatic rings. The van der Waals surface area contributed by atoms with Crippen LogP contribution in [-0.4, -0.2) is 28.6 Å². The first-order chi connectivity index (χ1) is 12.4. The predicted octanol–water partition coefficient (Wildman–Crippen LogP) is 3.05. The number of anilines is 2. The summed E-state index contributed by atoms with van der Waals surface area (Å²) in [4.78, 5) is 28.1. The minimum atomic E-state index is -0.371. The molecule has 8 heteroatoms. The van der Waals surface area contributed by atoms with E-state index in [-0.39, 0.29) is 18.0 Å². The smallest absolute Gasteiger partial charge is 0.319 e. The molecule has 0 bridgehead atoms. The predicted molar refractivity (Wildman–Crippen MR) is 100 cm³/mol. The Kier molecular flexibility index (Phi) is 6.60. The fourth-order valence-electron chi connectivity index (χ4n) is 2.67. The topological polar surface area (TPSA) is 97.3 Å². The van der Waals surface area contributed by atoms with Crippen LogP contribution in [0.25, 0.3) is 0 Å². The Morgan fingerprint density at radius 1 is 1.31 bits per heavy atom. The van der Waals surface area contributed by atoms with Gasteiger partial charge < -0.3 is 25.3 Å². The fraction of sp³-hybridized carbons (Fsp3) is 0.389. The molecule has 3 N–H and O–H groups in total. The Hall–Kier alpha value is -3.03. The third kappa shape index (κ3) is 4.98. The summed E-state index contributed by atoms with van der Waals surface area (Å²) in [7, 11) is 3.41. The second-order valence-electron chi connectivity index (χ2n) is 5.93. The van der Waals surface area contributed by atoms with Gasteiger partial charge in [-0.2, -0.15) is 0 Å². The Labute approximate surface area is 152 Å². The molecule has 0 fully saturated rings. The van der Waals surface area contributed by atoms with Crippen molar-refractivity contribution in [2.75, 3.05) is 17.7 Å². The largest absolute Gasteiger partial charge is 0.495 e. The summed E-state index contributed by atoms with van der Waals surface area (Å²) < 4.78 is 7.17. The normalized spacial score (nSPS) is 11.5. The third-order valence-electron chi connectivity index (χ3n) is 3.82. The zero-order chi connectivity index (χ0) is 19.1. The average Bonchev–Trinajstić information content (AvgIpc) is 3.00. The molecule has 0 spiro atoms. The summed E-state index contributed by atoms with van der Waals surface area (Å²) in [5.74, 6) is 1.10. The highest BCUT2D eigenvalue weighted by atomic mass is 16.5. The van der Waals surface area contributed by atoms with E-state index in [0.29, 0.717) is 17.1 Å². The van der Waals surface area contributed by atoms with E-state index in [1.165, 1.54) is 14.0 Å². The molecule has 140 valence electrons. The number of hydrogen-bond donors (Lipinski definition) is 3. The first-order valence-corrected chi connectivity index (χ1v) is 8.45. The minimum absolute atomic E-state index is 0.191. The molecule has 0 radical (unpaired) electrons. The van der Waals surface area contributed by atoms with E-state index in [2.05, 4.69) is 27.9 Å². The summed E-state index contributed by atoms with van der Waals surface area (Å²) in [5, 5.41) is 8.41. The molecular formula is C18H25N5O3. The van der Waals surface area contributed by atoms with Crippen molar-refractivity contribution in [3.8, 4) is 5.75 Å². The number of urea groups is 1. The maximum Gasteiger partial charge on any atom is 0.319 e. The van der Waals surface area contributed by atoms with Gasteiger partial charge in [-0.3, -0.25) is 4.79 Å². The van der Waals surface area contributed by atoms with Gasteiger partial charge in [0, 0.05) is 32.1 Å². The number of aromatic nitrogens is 2. The van der Waals surface area contributed by atoms with Crippen molar-refractivity contribution in [3.63, 3.8) is 0 Å². The van der Waals surface area contributed by atoms with E-state index in [1.54, 1.807) is 24.4 Å². The first-order valence-electron chi connectivity index (χ1n) is 8.45. The van der Waals surface area contributed by atoms with Crippen LogP contribution in [0, 0.1) is 0 Å². The highest BCUT2D eigenvalue weighted by molar-refractivity contribution is 5.94. The number of carbonyl (C=O) groups is 2. The number of ether oxygens (including phenoxy) is 1. The molecule has 8 nitrogen and oxygen atoms in total. The van der Waals surface area contributed by atoms with Crippen LogP contribution in [0.1, 0.15) is 38.6 Å². The van der Waals surface area contributed by atoms with Crippen molar-refractivity contribution >= 4 is 23.3 Å². The van der Waals surface area contributed by atoms with Gasteiger partial charge in [0.1, 0.15) is 11.6 Å². The summed E-state index contributed by atoms with van der Waals surface area (Å²) in [6, 6.07) is 4.46. The minimum Gasteiger partial charge on any atom is -0.495 e. The van der Waals surface area contributed by atoms with Gasteiger partial charge in [-0.25, -0.2) is 9.78 Å². The highest BCUT2D eigenvalue weighted by Gasteiger charge is 2.18. The fourth-order valence-corrected chi connectivity index (χ4v) is 2.67. The molecule has 0 aliphatic carbocycles. The number of rotatable bonds is 7. The van der Waals surface area contributed by atoms with Gasteiger partial charge in [0.05, 0.1) is 18.8 Å². The van der Waals surface area contributed by atoms with Crippen molar-refractivity contribution in [1.82, 2.24) is 14.9 Å². The molecule has 0 saturated heterocycles. The van der Waals surface area contributed by atoms with Crippen LogP contribution in [0.5, 0.6) is 5.75 Å². The van der Waals surface area contributed by atoms with Crippen molar-refractivity contribution < 1.29 is 14.3 Å². The van der Waals surface area contributed by atoms with Crippen LogP contribution >= 0.6 is 0 Å². The molecule has 0 saturated carbocycles. The van der Waals surface area contributed by atoms with Gasteiger partial charge in [0.2, 0.25) is 5.91 Å². The summed E-state index contributed by atoms with van der Waals surface area (Å²) >= 11 is 0. The number of amides is 3. The molecule has 2 aromatic rings. The quantitative estimate of drug-likeness (QED) is 0.708. The lowest BCUT2D eigenvalue weighted by Gasteiger charge is -2.19. The Balaban J connectivity index is 2.14. The third-order valence-corrected chi connectivity index (χ3v) is 3.82. The lowest BCUT2D eigenvalue weighted by molar-refractivity contribution is -0.114. The Bertz CT molecular complexity index is 772. The number of carbonyl (C=O) groups excluding carboxylic acids is 2. The molecule has 1 aromatic heterocycles. The van der Waals surface area contributed by atoms with Crippen LogP contribution in [-0.2, 0) is 11.8 Å². The van der Waals surface area contributed by atoms with E-state index < -0.39 is 0 Å². The number of imidazole rings is 1. The molecule has 26 heavy (non-hydrogen) atoms. The number of aryl methyl sites for hydroxylation is 1. The average molecular weight is 359 g/mol.